The fraction of sp³-hybridized carbons (Fsp3) is 0.429. The van der Waals surface area contributed by atoms with E-state index in [4.69, 9.17) is 14.6 Å². The zero-order valence-electron chi connectivity index (χ0n) is 12.9. The highest BCUT2D eigenvalue weighted by atomic mass is 32.2. The molecule has 0 radical (unpaired) electrons. The highest BCUT2D eigenvalue weighted by Crippen LogP contribution is 2.16. The van der Waals surface area contributed by atoms with Crippen LogP contribution in [-0.4, -0.2) is 32.6 Å². The normalized spacial score (nSPS) is 11.9. The average Bonchev–Trinajstić information content (AvgIpc) is 2.33. The molecule has 0 heterocycles. The van der Waals surface area contributed by atoms with Gasteiger partial charge in [0, 0.05) is 0 Å². The number of sulfonamides is 1. The first-order valence-electron chi connectivity index (χ1n) is 6.42. The minimum Gasteiger partial charge on any atom is -0.457 e. The SMILES string of the molecule is Cc1ccc(S(N)(=O)=O)cc1C(=O)OCC(=O)OC(C)(C)C. The molecule has 0 atom stereocenters. The van der Waals surface area contributed by atoms with Crippen LogP contribution >= 0.6 is 0 Å². The van der Waals surface area contributed by atoms with Gasteiger partial charge in [0.1, 0.15) is 5.60 Å². The van der Waals surface area contributed by atoms with Crippen LogP contribution in [0.5, 0.6) is 0 Å². The monoisotopic (exact) mass is 329 g/mol. The van der Waals surface area contributed by atoms with Crippen molar-refractivity contribution in [1.82, 2.24) is 0 Å². The third-order valence-electron chi connectivity index (χ3n) is 2.50. The van der Waals surface area contributed by atoms with Crippen molar-refractivity contribution in [2.75, 3.05) is 6.61 Å². The van der Waals surface area contributed by atoms with Crippen molar-refractivity contribution in [3.63, 3.8) is 0 Å². The van der Waals surface area contributed by atoms with E-state index in [0.29, 0.717) is 5.56 Å². The number of benzene rings is 1. The van der Waals surface area contributed by atoms with Crippen LogP contribution < -0.4 is 5.14 Å². The zero-order valence-corrected chi connectivity index (χ0v) is 13.7. The number of hydrogen-bond donors (Lipinski definition) is 1. The van der Waals surface area contributed by atoms with Crippen LogP contribution in [0.2, 0.25) is 0 Å². The Kier molecular flexibility index (Phi) is 5.31. The van der Waals surface area contributed by atoms with Crippen molar-refractivity contribution in [2.24, 2.45) is 5.14 Å². The van der Waals surface area contributed by atoms with Gasteiger partial charge in [-0.15, -0.1) is 0 Å². The molecule has 0 aromatic heterocycles. The summed E-state index contributed by atoms with van der Waals surface area (Å²) >= 11 is 0. The fourth-order valence-electron chi connectivity index (χ4n) is 1.57. The lowest BCUT2D eigenvalue weighted by atomic mass is 10.1. The molecule has 0 spiro atoms. The molecule has 0 saturated carbocycles. The van der Waals surface area contributed by atoms with Crippen molar-refractivity contribution in [3.05, 3.63) is 29.3 Å². The number of carbonyl (C=O) groups excluding carboxylic acids is 2. The van der Waals surface area contributed by atoms with Gasteiger partial charge >= 0.3 is 11.9 Å². The minimum absolute atomic E-state index is 0.0232. The molecule has 0 unspecified atom stereocenters. The summed E-state index contributed by atoms with van der Waals surface area (Å²) in [6.07, 6.45) is 0. The van der Waals surface area contributed by atoms with E-state index in [0.717, 1.165) is 6.07 Å². The molecule has 1 rings (SSSR count). The van der Waals surface area contributed by atoms with Crippen molar-refractivity contribution in [1.29, 1.82) is 0 Å². The number of aryl methyl sites for hydroxylation is 1. The Morgan fingerprint density at radius 1 is 1.23 bits per heavy atom. The summed E-state index contributed by atoms with van der Waals surface area (Å²) in [4.78, 5) is 23.2. The molecule has 0 fully saturated rings. The summed E-state index contributed by atoms with van der Waals surface area (Å²) in [7, 11) is -3.93. The predicted molar refractivity (Wildman–Crippen MR) is 78.7 cm³/mol. The van der Waals surface area contributed by atoms with E-state index in [9.17, 15) is 18.0 Å². The maximum absolute atomic E-state index is 11.9. The summed E-state index contributed by atoms with van der Waals surface area (Å²) in [6, 6.07) is 3.83. The first-order valence-corrected chi connectivity index (χ1v) is 7.97. The first-order chi connectivity index (χ1) is 9.90. The maximum atomic E-state index is 11.9. The van der Waals surface area contributed by atoms with Gasteiger partial charge in [0.2, 0.25) is 10.0 Å². The highest BCUT2D eigenvalue weighted by Gasteiger charge is 2.20. The van der Waals surface area contributed by atoms with Crippen molar-refractivity contribution in [3.8, 4) is 0 Å². The van der Waals surface area contributed by atoms with Crippen LogP contribution in [0, 0.1) is 6.92 Å². The third-order valence-corrected chi connectivity index (χ3v) is 3.41. The van der Waals surface area contributed by atoms with Gasteiger partial charge < -0.3 is 9.47 Å². The highest BCUT2D eigenvalue weighted by molar-refractivity contribution is 7.89. The molecule has 1 aromatic rings. The van der Waals surface area contributed by atoms with Gasteiger partial charge in [0.25, 0.3) is 0 Å². The molecule has 0 aliphatic heterocycles. The van der Waals surface area contributed by atoms with Crippen molar-refractivity contribution in [2.45, 2.75) is 38.2 Å². The molecule has 22 heavy (non-hydrogen) atoms. The van der Waals surface area contributed by atoms with Gasteiger partial charge in [-0.05, 0) is 45.4 Å². The Hall–Kier alpha value is -1.93. The number of rotatable bonds is 4. The van der Waals surface area contributed by atoms with Gasteiger partial charge in [-0.2, -0.15) is 0 Å². The molecule has 0 bridgehead atoms. The minimum atomic E-state index is -3.93. The molecule has 0 aliphatic rings. The Labute approximate surface area is 129 Å². The number of hydrogen-bond acceptors (Lipinski definition) is 6. The summed E-state index contributed by atoms with van der Waals surface area (Å²) in [5, 5.41) is 5.01. The second kappa shape index (κ2) is 6.45. The van der Waals surface area contributed by atoms with E-state index >= 15 is 0 Å². The second-order valence-corrected chi connectivity index (χ2v) is 7.25. The Bertz CT molecular complexity index is 688. The van der Waals surface area contributed by atoms with E-state index < -0.39 is 34.2 Å². The molecular formula is C14H19NO6S. The Morgan fingerprint density at radius 3 is 2.32 bits per heavy atom. The molecule has 1 aromatic carbocycles. The molecule has 0 amide bonds. The number of primary sulfonamides is 1. The van der Waals surface area contributed by atoms with Crippen molar-refractivity contribution < 1.29 is 27.5 Å². The molecule has 122 valence electrons. The average molecular weight is 329 g/mol. The molecule has 8 heteroatoms. The van der Waals surface area contributed by atoms with E-state index in [1.807, 2.05) is 0 Å². The molecule has 2 N–H and O–H groups in total. The van der Waals surface area contributed by atoms with E-state index in [-0.39, 0.29) is 10.5 Å². The summed E-state index contributed by atoms with van der Waals surface area (Å²) < 4.78 is 32.4. The van der Waals surface area contributed by atoms with Crippen LogP contribution in [0.4, 0.5) is 0 Å². The fourth-order valence-corrected chi connectivity index (χ4v) is 2.11. The first kappa shape index (κ1) is 18.1. The quantitative estimate of drug-likeness (QED) is 0.829. The van der Waals surface area contributed by atoms with E-state index in [1.54, 1.807) is 27.7 Å². The lowest BCUT2D eigenvalue weighted by Crippen LogP contribution is -2.27. The van der Waals surface area contributed by atoms with Gasteiger partial charge in [0.15, 0.2) is 6.61 Å². The van der Waals surface area contributed by atoms with E-state index in [2.05, 4.69) is 0 Å². The van der Waals surface area contributed by atoms with Gasteiger partial charge in [-0.25, -0.2) is 23.1 Å². The zero-order chi connectivity index (χ0) is 17.1. The van der Waals surface area contributed by atoms with Crippen LogP contribution in [0.3, 0.4) is 0 Å². The molecule has 7 nitrogen and oxygen atoms in total. The number of ether oxygens (including phenoxy) is 2. The number of nitrogens with two attached hydrogens (primary N) is 1. The molecular weight excluding hydrogens is 310 g/mol. The van der Waals surface area contributed by atoms with Crippen LogP contribution in [0.1, 0.15) is 36.7 Å². The third kappa shape index (κ3) is 5.45. The standard InChI is InChI=1S/C14H19NO6S/c1-9-5-6-10(22(15,18)19)7-11(9)13(17)20-8-12(16)21-14(2,3)4/h5-7H,8H2,1-4H3,(H2,15,18,19). The number of esters is 2. The molecule has 0 aliphatic carbocycles. The Balaban J connectivity index is 2.84. The topological polar surface area (TPSA) is 113 Å². The maximum Gasteiger partial charge on any atom is 0.344 e. The van der Waals surface area contributed by atoms with E-state index in [1.165, 1.54) is 12.1 Å². The number of carbonyl (C=O) groups is 2. The predicted octanol–water partition coefficient (Wildman–Crippen LogP) is 1.14. The summed E-state index contributed by atoms with van der Waals surface area (Å²) in [5.41, 5.74) is -0.163. The van der Waals surface area contributed by atoms with Gasteiger partial charge in [0.05, 0.1) is 10.5 Å². The summed E-state index contributed by atoms with van der Waals surface area (Å²) in [5.74, 6) is -1.52. The smallest absolute Gasteiger partial charge is 0.344 e. The lowest BCUT2D eigenvalue weighted by Gasteiger charge is -2.19. The summed E-state index contributed by atoms with van der Waals surface area (Å²) in [6.45, 7) is 6.11. The largest absolute Gasteiger partial charge is 0.457 e. The van der Waals surface area contributed by atoms with Crippen LogP contribution in [0.15, 0.2) is 23.1 Å². The van der Waals surface area contributed by atoms with Crippen LogP contribution in [0.25, 0.3) is 0 Å². The molecule has 0 saturated heterocycles. The Morgan fingerprint density at radius 2 is 1.82 bits per heavy atom. The van der Waals surface area contributed by atoms with Gasteiger partial charge in [-0.3, -0.25) is 0 Å². The van der Waals surface area contributed by atoms with Crippen LogP contribution in [-0.2, 0) is 24.3 Å². The lowest BCUT2D eigenvalue weighted by molar-refractivity contribution is -0.158. The van der Waals surface area contributed by atoms with Crippen molar-refractivity contribution >= 4 is 22.0 Å². The second-order valence-electron chi connectivity index (χ2n) is 5.68. The van der Waals surface area contributed by atoms with Gasteiger partial charge in [-0.1, -0.05) is 6.07 Å².